The molecule has 0 saturated heterocycles. The number of hydrogen-bond acceptors (Lipinski definition) is 8. The number of carbonyl (C=O) groups is 1. The Balaban J connectivity index is 1.50. The second-order valence-electron chi connectivity index (χ2n) is 9.38. The quantitative estimate of drug-likeness (QED) is 0.288. The van der Waals surface area contributed by atoms with Crippen molar-refractivity contribution in [3.63, 3.8) is 0 Å². The number of ether oxygens (including phenoxy) is 1. The van der Waals surface area contributed by atoms with E-state index in [9.17, 15) is 36.0 Å². The molecular weight excluding hydrogens is 609 g/mol. The first-order valence-corrected chi connectivity index (χ1v) is 14.7. The number of alkyl halides is 3. The van der Waals surface area contributed by atoms with Gasteiger partial charge in [-0.3, -0.25) is 14.2 Å². The summed E-state index contributed by atoms with van der Waals surface area (Å²) in [6, 6.07) is 17.2. The van der Waals surface area contributed by atoms with Gasteiger partial charge in [0.2, 0.25) is 0 Å². The summed E-state index contributed by atoms with van der Waals surface area (Å²) in [5.74, 6) is -0.726. The van der Waals surface area contributed by atoms with Crippen LogP contribution in [0.4, 0.5) is 13.2 Å². The zero-order valence-corrected chi connectivity index (χ0v) is 24.0. The van der Waals surface area contributed by atoms with Gasteiger partial charge in [-0.1, -0.05) is 29.8 Å². The Morgan fingerprint density at radius 1 is 1.02 bits per heavy atom. The average molecular weight is 631 g/mol. The van der Waals surface area contributed by atoms with Crippen LogP contribution in [0, 0.1) is 6.92 Å². The van der Waals surface area contributed by atoms with Gasteiger partial charge in [0.05, 0.1) is 21.0 Å². The molecule has 0 aliphatic rings. The van der Waals surface area contributed by atoms with Crippen molar-refractivity contribution in [2.24, 2.45) is 7.05 Å². The van der Waals surface area contributed by atoms with E-state index in [-0.39, 0.29) is 16.3 Å². The van der Waals surface area contributed by atoms with E-state index in [1.807, 2.05) is 4.72 Å². The molecule has 10 nitrogen and oxygen atoms in total. The topological polar surface area (TPSA) is 129 Å². The lowest BCUT2D eigenvalue weighted by Gasteiger charge is -2.14. The van der Waals surface area contributed by atoms with Crippen LogP contribution in [0.25, 0.3) is 27.0 Å². The van der Waals surface area contributed by atoms with Crippen LogP contribution in [0.1, 0.15) is 11.3 Å². The third kappa shape index (κ3) is 5.94. The molecule has 0 aliphatic heterocycles. The van der Waals surface area contributed by atoms with Crippen molar-refractivity contribution >= 4 is 37.5 Å². The second kappa shape index (κ2) is 11.1. The highest BCUT2D eigenvalue weighted by molar-refractivity contribution is 7.90. The molecule has 0 bridgehead atoms. The molecule has 1 amide bonds. The van der Waals surface area contributed by atoms with Gasteiger partial charge in [0.1, 0.15) is 11.4 Å². The summed E-state index contributed by atoms with van der Waals surface area (Å²) in [4.78, 5) is 37.9. The van der Waals surface area contributed by atoms with Crippen molar-refractivity contribution in [1.82, 2.24) is 18.2 Å². The summed E-state index contributed by atoms with van der Waals surface area (Å²) >= 11 is 1.09. The molecule has 2 heterocycles. The lowest BCUT2D eigenvalue weighted by Crippen LogP contribution is -2.40. The van der Waals surface area contributed by atoms with Crippen LogP contribution in [0.15, 0.2) is 87.3 Å². The van der Waals surface area contributed by atoms with E-state index in [0.717, 1.165) is 24.1 Å². The highest BCUT2D eigenvalue weighted by Gasteiger charge is 2.35. The summed E-state index contributed by atoms with van der Waals surface area (Å²) in [6.07, 6.45) is -4.90. The maximum Gasteiger partial charge on any atom is 0.431 e. The number of rotatable bonds is 7. The summed E-state index contributed by atoms with van der Waals surface area (Å²) in [6.45, 7) is 1.16. The number of fused-ring (bicyclic) bond motifs is 1. The fraction of sp³-hybridized carbons (Fsp3) is 0.143. The third-order valence-corrected chi connectivity index (χ3v) is 8.59. The molecule has 2 aromatic heterocycles. The van der Waals surface area contributed by atoms with E-state index >= 15 is 0 Å². The number of carbonyl (C=O) groups excluding carboxylic acids is 1. The lowest BCUT2D eigenvalue weighted by molar-refractivity contribution is -0.144. The van der Waals surface area contributed by atoms with Crippen molar-refractivity contribution in [1.29, 1.82) is 0 Å². The van der Waals surface area contributed by atoms with Gasteiger partial charge in [0.15, 0.2) is 6.61 Å². The van der Waals surface area contributed by atoms with Crippen molar-refractivity contribution in [3.8, 4) is 22.7 Å². The molecule has 5 aromatic rings. The van der Waals surface area contributed by atoms with E-state index in [1.54, 1.807) is 37.3 Å². The molecule has 0 unspecified atom stereocenters. The minimum absolute atomic E-state index is 0.0221. The summed E-state index contributed by atoms with van der Waals surface area (Å²) < 4.78 is 78.6. The van der Waals surface area contributed by atoms with Crippen molar-refractivity contribution in [2.75, 3.05) is 6.61 Å². The number of halogens is 3. The lowest BCUT2D eigenvalue weighted by atomic mass is 10.0. The maximum absolute atomic E-state index is 13.3. The SMILES string of the molecule is Cc1ccc(OCC(=O)NS(=O)(=O)c2ccccc2)c(-c2nsc3ccc(-n4c(=O)cc(C(F)(F)F)n(C)c4=O)cc23)c1. The Morgan fingerprint density at radius 2 is 1.74 bits per heavy atom. The average Bonchev–Trinajstić information content (AvgIpc) is 3.37. The van der Waals surface area contributed by atoms with E-state index < -0.39 is 45.7 Å². The van der Waals surface area contributed by atoms with Gasteiger partial charge in [-0.15, -0.1) is 0 Å². The van der Waals surface area contributed by atoms with Crippen LogP contribution in [0.5, 0.6) is 5.75 Å². The Bertz CT molecular complexity index is 2100. The van der Waals surface area contributed by atoms with Gasteiger partial charge in [-0.25, -0.2) is 22.5 Å². The molecule has 0 aliphatic carbocycles. The molecule has 15 heteroatoms. The summed E-state index contributed by atoms with van der Waals surface area (Å²) in [5.41, 5.74) is -2.11. The molecule has 0 radical (unpaired) electrons. The molecule has 5 rings (SSSR count). The molecule has 43 heavy (non-hydrogen) atoms. The van der Waals surface area contributed by atoms with Crippen LogP contribution in [-0.4, -0.2) is 34.4 Å². The highest BCUT2D eigenvalue weighted by atomic mass is 32.2. The fourth-order valence-electron chi connectivity index (χ4n) is 4.33. The molecule has 0 fully saturated rings. The highest BCUT2D eigenvalue weighted by Crippen LogP contribution is 2.37. The monoisotopic (exact) mass is 630 g/mol. The van der Waals surface area contributed by atoms with Crippen LogP contribution < -0.4 is 20.7 Å². The number of sulfonamides is 1. The summed E-state index contributed by atoms with van der Waals surface area (Å²) in [5, 5.41) is 0.461. The smallest absolute Gasteiger partial charge is 0.431 e. The Hall–Kier alpha value is -4.76. The minimum atomic E-state index is -4.90. The predicted molar refractivity (Wildman–Crippen MR) is 153 cm³/mol. The van der Waals surface area contributed by atoms with Crippen molar-refractivity contribution < 1.29 is 31.1 Å². The molecule has 222 valence electrons. The molecule has 3 aromatic carbocycles. The minimum Gasteiger partial charge on any atom is -0.483 e. The molecule has 0 spiro atoms. The molecular formula is C28H21F3N4O6S2. The van der Waals surface area contributed by atoms with E-state index in [4.69, 9.17) is 4.74 Å². The Kier molecular flexibility index (Phi) is 7.70. The van der Waals surface area contributed by atoms with Gasteiger partial charge in [-0.2, -0.15) is 17.5 Å². The van der Waals surface area contributed by atoms with Gasteiger partial charge >= 0.3 is 11.9 Å². The number of benzene rings is 3. The molecule has 0 atom stereocenters. The second-order valence-corrected chi connectivity index (χ2v) is 11.9. The van der Waals surface area contributed by atoms with Gasteiger partial charge in [-0.05, 0) is 60.9 Å². The molecule has 1 N–H and O–H groups in total. The number of hydrogen-bond donors (Lipinski definition) is 1. The van der Waals surface area contributed by atoms with E-state index in [0.29, 0.717) is 36.5 Å². The summed E-state index contributed by atoms with van der Waals surface area (Å²) in [7, 11) is -3.19. The Morgan fingerprint density at radius 3 is 2.44 bits per heavy atom. The largest absolute Gasteiger partial charge is 0.483 e. The van der Waals surface area contributed by atoms with Gasteiger partial charge in [0.25, 0.3) is 21.5 Å². The first-order valence-electron chi connectivity index (χ1n) is 12.4. The predicted octanol–water partition coefficient (Wildman–Crippen LogP) is 4.02. The van der Waals surface area contributed by atoms with Crippen LogP contribution in [0.3, 0.4) is 0 Å². The normalized spacial score (nSPS) is 11.9. The third-order valence-electron chi connectivity index (χ3n) is 6.37. The fourth-order valence-corrected chi connectivity index (χ4v) is 6.09. The number of nitrogens with one attached hydrogen (secondary N) is 1. The van der Waals surface area contributed by atoms with Crippen molar-refractivity contribution in [3.05, 3.63) is 105 Å². The van der Waals surface area contributed by atoms with E-state index in [1.165, 1.54) is 36.4 Å². The van der Waals surface area contributed by atoms with E-state index in [2.05, 4.69) is 4.37 Å². The number of aryl methyl sites for hydroxylation is 1. The standard InChI is InChI=1S/C28H21F3N4O6S2/c1-16-8-10-21(41-15-24(36)33-43(39,40)18-6-4-3-5-7-18)19(12-16)26-20-13-17(9-11-22(20)42-32-26)35-25(37)14-23(28(29,30)31)34(2)27(35)38/h3-14H,15H2,1-2H3,(H,33,36). The number of nitrogens with zero attached hydrogens (tertiary/aromatic N) is 3. The van der Waals surface area contributed by atoms with Crippen LogP contribution >= 0.6 is 11.5 Å². The molecule has 0 saturated carbocycles. The van der Waals surface area contributed by atoms with Crippen LogP contribution in [0.2, 0.25) is 0 Å². The van der Waals surface area contributed by atoms with Gasteiger partial charge < -0.3 is 4.74 Å². The van der Waals surface area contributed by atoms with Crippen LogP contribution in [-0.2, 0) is 28.0 Å². The zero-order chi connectivity index (χ0) is 31.1. The first kappa shape index (κ1) is 29.7. The van der Waals surface area contributed by atoms with Gasteiger partial charge in [0, 0.05) is 24.1 Å². The number of amides is 1. The first-order chi connectivity index (χ1) is 20.3. The van der Waals surface area contributed by atoms with Crippen molar-refractivity contribution in [2.45, 2.75) is 18.0 Å². The zero-order valence-electron chi connectivity index (χ0n) is 22.4. The number of aromatic nitrogens is 3. The maximum atomic E-state index is 13.3. The Labute approximate surface area is 245 Å².